The van der Waals surface area contributed by atoms with Crippen molar-refractivity contribution >= 4 is 42.7 Å². The average Bonchev–Trinajstić information content (AvgIpc) is 3.07. The fourth-order valence-corrected chi connectivity index (χ4v) is 5.86. The molecule has 0 bridgehead atoms. The number of benzene rings is 1. The van der Waals surface area contributed by atoms with E-state index in [2.05, 4.69) is 10.5 Å². The molecule has 1 aromatic carbocycles. The molecule has 14 heteroatoms. The normalized spacial score (nSPS) is 18.6. The maximum Gasteiger partial charge on any atom is 0.279 e. The van der Waals surface area contributed by atoms with Crippen LogP contribution in [0.25, 0.3) is 22.4 Å². The molecule has 3 aromatic rings. The maximum absolute atomic E-state index is 13.5. The molecule has 1 aliphatic heterocycles. The van der Waals surface area contributed by atoms with E-state index in [0.717, 1.165) is 16.8 Å². The summed E-state index contributed by atoms with van der Waals surface area (Å²) in [6.45, 7) is 1.34. The van der Waals surface area contributed by atoms with Gasteiger partial charge in [0.05, 0.1) is 48.8 Å². The number of hydrogen-bond donors (Lipinski definition) is 1. The van der Waals surface area contributed by atoms with E-state index in [1.807, 2.05) is 0 Å². The van der Waals surface area contributed by atoms with Crippen LogP contribution < -0.4 is 9.79 Å². The number of pyridine rings is 1. The molecule has 4 rings (SSSR count). The summed E-state index contributed by atoms with van der Waals surface area (Å²) >= 11 is 0. The first-order valence-corrected chi connectivity index (χ1v) is 14.6. The average molecular weight is 542 g/mol. The zero-order valence-corrected chi connectivity index (χ0v) is 21.4. The number of aromatic nitrogens is 1. The SMILES string of the molecule is CONC(=O)c1c(-c2ccc(F)cc2)oc2nc3c(cc12)[C@H](C)O[C@H](CS(C)(=O)=O)CN3S(C)(=O)=O. The van der Waals surface area contributed by atoms with Gasteiger partial charge in [-0.05, 0) is 37.3 Å². The Morgan fingerprint density at radius 1 is 1.22 bits per heavy atom. The van der Waals surface area contributed by atoms with Crippen molar-refractivity contribution in [3.8, 4) is 11.3 Å². The Hall–Kier alpha value is -3.07. The van der Waals surface area contributed by atoms with Crippen LogP contribution in [0.2, 0.25) is 0 Å². The van der Waals surface area contributed by atoms with Crippen LogP contribution in [0.4, 0.5) is 10.2 Å². The molecule has 0 saturated heterocycles. The van der Waals surface area contributed by atoms with Gasteiger partial charge >= 0.3 is 0 Å². The van der Waals surface area contributed by atoms with Gasteiger partial charge in [0.25, 0.3) is 5.91 Å². The van der Waals surface area contributed by atoms with Crippen LogP contribution >= 0.6 is 0 Å². The summed E-state index contributed by atoms with van der Waals surface area (Å²) in [6, 6.07) is 6.76. The van der Waals surface area contributed by atoms with Crippen molar-refractivity contribution in [3.05, 3.63) is 47.3 Å². The molecule has 2 atom stereocenters. The molecule has 0 aliphatic carbocycles. The van der Waals surface area contributed by atoms with Crippen molar-refractivity contribution in [3.63, 3.8) is 0 Å². The maximum atomic E-state index is 13.5. The number of furan rings is 1. The Kier molecular flexibility index (Phi) is 6.81. The van der Waals surface area contributed by atoms with Gasteiger partial charge in [0.2, 0.25) is 15.7 Å². The number of ether oxygens (including phenoxy) is 1. The fraction of sp³-hybridized carbons (Fsp3) is 0.364. The van der Waals surface area contributed by atoms with Crippen molar-refractivity contribution in [2.24, 2.45) is 0 Å². The number of anilines is 1. The molecule has 0 radical (unpaired) electrons. The second kappa shape index (κ2) is 9.42. The van der Waals surface area contributed by atoms with E-state index in [1.165, 1.54) is 37.4 Å². The van der Waals surface area contributed by atoms with Crippen molar-refractivity contribution in [2.75, 3.05) is 36.2 Å². The minimum Gasteiger partial charge on any atom is -0.437 e. The predicted octanol–water partition coefficient (Wildman–Crippen LogP) is 2.20. The lowest BCUT2D eigenvalue weighted by molar-refractivity contribution is 0.0193. The highest BCUT2D eigenvalue weighted by Crippen LogP contribution is 2.40. The van der Waals surface area contributed by atoms with Crippen molar-refractivity contribution in [1.29, 1.82) is 0 Å². The summed E-state index contributed by atoms with van der Waals surface area (Å²) in [6.07, 6.45) is 0.265. The molecule has 1 amide bonds. The molecule has 1 aliphatic rings. The molecule has 0 saturated carbocycles. The van der Waals surface area contributed by atoms with Gasteiger partial charge in [-0.15, -0.1) is 0 Å². The Balaban J connectivity index is 1.96. The first-order valence-electron chi connectivity index (χ1n) is 10.7. The van der Waals surface area contributed by atoms with Gasteiger partial charge in [0.15, 0.2) is 5.82 Å². The molecule has 0 spiro atoms. The highest BCUT2D eigenvalue weighted by molar-refractivity contribution is 7.92. The first-order chi connectivity index (χ1) is 16.8. The number of rotatable bonds is 6. The molecule has 11 nitrogen and oxygen atoms in total. The van der Waals surface area contributed by atoms with Gasteiger partial charge in [-0.25, -0.2) is 26.7 Å². The summed E-state index contributed by atoms with van der Waals surface area (Å²) in [7, 11) is -6.15. The van der Waals surface area contributed by atoms with E-state index >= 15 is 0 Å². The number of hydrogen-bond acceptors (Lipinski definition) is 9. The number of nitrogens with zero attached hydrogens (tertiary/aromatic N) is 2. The highest BCUT2D eigenvalue weighted by Gasteiger charge is 2.36. The number of halogens is 1. The van der Waals surface area contributed by atoms with Crippen molar-refractivity contribution in [1.82, 2.24) is 10.5 Å². The van der Waals surface area contributed by atoms with Gasteiger partial charge in [-0.1, -0.05) is 0 Å². The quantitative estimate of drug-likeness (QED) is 0.464. The molecule has 0 unspecified atom stereocenters. The third-order valence-electron chi connectivity index (χ3n) is 5.55. The lowest BCUT2D eigenvalue weighted by Crippen LogP contribution is -2.39. The summed E-state index contributed by atoms with van der Waals surface area (Å²) < 4.78 is 75.5. The van der Waals surface area contributed by atoms with Crippen LogP contribution in [-0.2, 0) is 29.4 Å². The topological polar surface area (TPSA) is 145 Å². The van der Waals surface area contributed by atoms with Crippen LogP contribution in [0.5, 0.6) is 0 Å². The molecular formula is C22H24FN3O8S2. The number of nitrogens with one attached hydrogen (secondary N) is 1. The number of sulfonamides is 1. The second-order valence-corrected chi connectivity index (χ2v) is 12.6. The third-order valence-corrected chi connectivity index (χ3v) is 7.65. The minimum atomic E-state index is -3.91. The zero-order chi connectivity index (χ0) is 26.4. The predicted molar refractivity (Wildman–Crippen MR) is 129 cm³/mol. The summed E-state index contributed by atoms with van der Waals surface area (Å²) in [5.74, 6) is -1.49. The van der Waals surface area contributed by atoms with Crippen LogP contribution in [0.1, 0.15) is 28.9 Å². The Morgan fingerprint density at radius 3 is 2.47 bits per heavy atom. The fourth-order valence-electron chi connectivity index (χ4n) is 4.10. The standard InChI is InChI=1S/C22H24FN3O8S2/c1-12-16-9-17-18(21(27)25-32-2)19(13-5-7-14(23)8-6-13)34-22(17)24-20(16)26(36(4,30)31)10-15(33-12)11-35(3,28)29/h5-9,12,15H,10-11H2,1-4H3,(H,25,27)/t12-,15-/m0/s1. The van der Waals surface area contributed by atoms with E-state index in [1.54, 1.807) is 6.92 Å². The van der Waals surface area contributed by atoms with Gasteiger partial charge in [0.1, 0.15) is 21.4 Å². The van der Waals surface area contributed by atoms with E-state index in [9.17, 15) is 26.0 Å². The first kappa shape index (κ1) is 26.0. The van der Waals surface area contributed by atoms with Crippen molar-refractivity contribution in [2.45, 2.75) is 19.1 Å². The molecular weight excluding hydrogens is 517 g/mol. The largest absolute Gasteiger partial charge is 0.437 e. The van der Waals surface area contributed by atoms with Gasteiger partial charge < -0.3 is 9.15 Å². The van der Waals surface area contributed by atoms with Crippen LogP contribution in [0.15, 0.2) is 34.7 Å². The van der Waals surface area contributed by atoms with Gasteiger partial charge in [-0.2, -0.15) is 4.98 Å². The van der Waals surface area contributed by atoms with E-state index in [0.29, 0.717) is 11.1 Å². The zero-order valence-electron chi connectivity index (χ0n) is 19.8. The number of carbonyl (C=O) groups is 1. The monoisotopic (exact) mass is 541 g/mol. The summed E-state index contributed by atoms with van der Waals surface area (Å²) in [5, 5.41) is 0.230. The number of carbonyl (C=O) groups excluding carboxylic acids is 1. The van der Waals surface area contributed by atoms with Gasteiger partial charge in [0, 0.05) is 17.4 Å². The van der Waals surface area contributed by atoms with E-state index < -0.39 is 49.5 Å². The number of amides is 1. The van der Waals surface area contributed by atoms with Crippen molar-refractivity contribution < 1.29 is 40.0 Å². The number of fused-ring (bicyclic) bond motifs is 2. The molecule has 36 heavy (non-hydrogen) atoms. The van der Waals surface area contributed by atoms with E-state index in [4.69, 9.17) is 14.0 Å². The minimum absolute atomic E-state index is 0.00777. The second-order valence-electron chi connectivity index (χ2n) is 8.49. The Labute approximate surface area is 207 Å². The van der Waals surface area contributed by atoms with Gasteiger partial charge in [-0.3, -0.25) is 13.9 Å². The number of sulfone groups is 1. The van der Waals surface area contributed by atoms with E-state index in [-0.39, 0.29) is 34.8 Å². The Morgan fingerprint density at radius 2 is 1.89 bits per heavy atom. The molecule has 194 valence electrons. The summed E-state index contributed by atoms with van der Waals surface area (Å²) in [5.41, 5.74) is 2.88. The van der Waals surface area contributed by atoms with Crippen LogP contribution in [0, 0.1) is 5.82 Å². The lowest BCUT2D eigenvalue weighted by Gasteiger charge is -2.23. The highest BCUT2D eigenvalue weighted by atomic mass is 32.2. The Bertz CT molecular complexity index is 1540. The third kappa shape index (κ3) is 5.21. The summed E-state index contributed by atoms with van der Waals surface area (Å²) in [4.78, 5) is 22.1. The molecule has 3 heterocycles. The number of hydroxylamine groups is 1. The molecule has 1 N–H and O–H groups in total. The lowest BCUT2D eigenvalue weighted by atomic mass is 10.0. The van der Waals surface area contributed by atoms with Crippen LogP contribution in [0.3, 0.4) is 0 Å². The molecule has 0 fully saturated rings. The van der Waals surface area contributed by atoms with Crippen LogP contribution in [-0.4, -0.2) is 65.7 Å². The smallest absolute Gasteiger partial charge is 0.279 e. The molecule has 2 aromatic heterocycles.